The lowest BCUT2D eigenvalue weighted by molar-refractivity contribution is 1.30. The Morgan fingerprint density at radius 3 is 1.75 bits per heavy atom. The van der Waals surface area contributed by atoms with Crippen LogP contribution in [-0.2, 0) is 0 Å². The number of halogens is 2. The number of nitrogens with two attached hydrogens (primary N) is 1. The Labute approximate surface area is 82.5 Å². The molecule has 1 rings (SSSR count). The van der Waals surface area contributed by atoms with Crippen LogP contribution in [0.3, 0.4) is 0 Å². The van der Waals surface area contributed by atoms with Gasteiger partial charge in [-0.25, -0.2) is 0 Å². The van der Waals surface area contributed by atoms with Crippen molar-refractivity contribution in [1.29, 1.82) is 0 Å². The molecule has 0 heterocycles. The first-order chi connectivity index (χ1) is 5.46. The van der Waals surface area contributed by atoms with Crippen molar-refractivity contribution in [2.75, 3.05) is 5.73 Å². The van der Waals surface area contributed by atoms with Gasteiger partial charge in [0.15, 0.2) is 0 Å². The average molecular weight is 204 g/mol. The van der Waals surface area contributed by atoms with Crippen LogP contribution < -0.4 is 5.73 Å². The van der Waals surface area contributed by atoms with Gasteiger partial charge in [-0.05, 0) is 37.5 Å². The van der Waals surface area contributed by atoms with E-state index in [1.165, 1.54) is 0 Å². The van der Waals surface area contributed by atoms with Crippen LogP contribution in [0.2, 0.25) is 10.0 Å². The lowest BCUT2D eigenvalue weighted by atomic mass is 10.0. The first kappa shape index (κ1) is 9.69. The first-order valence-corrected chi connectivity index (χ1v) is 4.42. The van der Waals surface area contributed by atoms with Crippen molar-refractivity contribution in [3.05, 3.63) is 26.7 Å². The monoisotopic (exact) mass is 203 g/mol. The standard InChI is InChI=1S/C9H11Cl2N/c1-4-5(2)9(12)6(3)8(11)7(4)10/h12H2,1-3H3. The van der Waals surface area contributed by atoms with Crippen molar-refractivity contribution in [2.45, 2.75) is 20.8 Å². The fourth-order valence-corrected chi connectivity index (χ4v) is 1.62. The summed E-state index contributed by atoms with van der Waals surface area (Å²) in [5.41, 5.74) is 9.39. The van der Waals surface area contributed by atoms with E-state index in [-0.39, 0.29) is 0 Å². The summed E-state index contributed by atoms with van der Waals surface area (Å²) in [5, 5.41) is 1.18. The number of hydrogen-bond donors (Lipinski definition) is 1. The highest BCUT2D eigenvalue weighted by molar-refractivity contribution is 6.43. The maximum atomic E-state index is 5.97. The molecule has 0 unspecified atom stereocenters. The summed E-state index contributed by atoms with van der Waals surface area (Å²) in [5.74, 6) is 0. The van der Waals surface area contributed by atoms with Crippen LogP contribution in [0.5, 0.6) is 0 Å². The SMILES string of the molecule is Cc1c(C)c(Cl)c(Cl)c(C)c1N. The van der Waals surface area contributed by atoms with Gasteiger partial charge in [-0.1, -0.05) is 23.2 Å². The van der Waals surface area contributed by atoms with Gasteiger partial charge in [-0.15, -0.1) is 0 Å². The van der Waals surface area contributed by atoms with Crippen molar-refractivity contribution < 1.29 is 0 Å². The van der Waals surface area contributed by atoms with Crippen molar-refractivity contribution in [3.63, 3.8) is 0 Å². The molecule has 1 nitrogen and oxygen atoms in total. The molecule has 0 spiro atoms. The van der Waals surface area contributed by atoms with E-state index in [0.717, 1.165) is 22.4 Å². The summed E-state index contributed by atoms with van der Waals surface area (Å²) in [6.45, 7) is 5.73. The Morgan fingerprint density at radius 1 is 0.833 bits per heavy atom. The predicted octanol–water partition coefficient (Wildman–Crippen LogP) is 3.50. The van der Waals surface area contributed by atoms with E-state index < -0.39 is 0 Å². The fourth-order valence-electron chi connectivity index (χ4n) is 1.10. The molecule has 0 aliphatic carbocycles. The van der Waals surface area contributed by atoms with Crippen LogP contribution in [0.15, 0.2) is 0 Å². The van der Waals surface area contributed by atoms with E-state index in [4.69, 9.17) is 28.9 Å². The number of anilines is 1. The number of hydrogen-bond acceptors (Lipinski definition) is 1. The van der Waals surface area contributed by atoms with Crippen LogP contribution in [0.25, 0.3) is 0 Å². The lowest BCUT2D eigenvalue weighted by Gasteiger charge is -2.12. The minimum absolute atomic E-state index is 0.567. The van der Waals surface area contributed by atoms with E-state index in [1.54, 1.807) is 0 Å². The molecular weight excluding hydrogens is 193 g/mol. The minimum Gasteiger partial charge on any atom is -0.398 e. The molecule has 66 valence electrons. The zero-order chi connectivity index (χ0) is 9.46. The maximum Gasteiger partial charge on any atom is 0.0644 e. The van der Waals surface area contributed by atoms with E-state index in [1.807, 2.05) is 20.8 Å². The Bertz CT molecular complexity index is 227. The number of benzene rings is 1. The predicted molar refractivity (Wildman–Crippen MR) is 55.1 cm³/mol. The molecular formula is C9H11Cl2N. The van der Waals surface area contributed by atoms with Crippen molar-refractivity contribution in [2.24, 2.45) is 0 Å². The maximum absolute atomic E-state index is 5.97. The highest BCUT2D eigenvalue weighted by Crippen LogP contribution is 2.35. The van der Waals surface area contributed by atoms with Crippen molar-refractivity contribution >= 4 is 28.9 Å². The van der Waals surface area contributed by atoms with Crippen molar-refractivity contribution in [3.8, 4) is 0 Å². The number of nitrogen functional groups attached to an aromatic ring is 1. The molecule has 0 fully saturated rings. The van der Waals surface area contributed by atoms with Gasteiger partial charge in [-0.3, -0.25) is 0 Å². The summed E-state index contributed by atoms with van der Waals surface area (Å²) >= 11 is 11.9. The topological polar surface area (TPSA) is 26.0 Å². The van der Waals surface area contributed by atoms with Gasteiger partial charge in [0.2, 0.25) is 0 Å². The first-order valence-electron chi connectivity index (χ1n) is 3.67. The summed E-state index contributed by atoms with van der Waals surface area (Å²) < 4.78 is 0. The average Bonchev–Trinajstić information content (AvgIpc) is 2.08. The highest BCUT2D eigenvalue weighted by atomic mass is 35.5. The summed E-state index contributed by atoms with van der Waals surface area (Å²) in [7, 11) is 0. The Balaban J connectivity index is 3.60. The van der Waals surface area contributed by atoms with Crippen LogP contribution in [0.1, 0.15) is 16.7 Å². The molecule has 0 aliphatic rings. The molecule has 1 aromatic rings. The van der Waals surface area contributed by atoms with Crippen LogP contribution >= 0.6 is 23.2 Å². The molecule has 0 atom stereocenters. The Morgan fingerprint density at radius 2 is 1.25 bits per heavy atom. The molecule has 0 aliphatic heterocycles. The lowest BCUT2D eigenvalue weighted by Crippen LogP contribution is -1.97. The number of rotatable bonds is 0. The van der Waals surface area contributed by atoms with Gasteiger partial charge >= 0.3 is 0 Å². The van der Waals surface area contributed by atoms with Gasteiger partial charge in [0.25, 0.3) is 0 Å². The molecule has 0 saturated heterocycles. The van der Waals surface area contributed by atoms with Crippen LogP contribution in [-0.4, -0.2) is 0 Å². The summed E-state index contributed by atoms with van der Waals surface area (Å²) in [6.07, 6.45) is 0. The molecule has 3 heteroatoms. The molecule has 0 aromatic heterocycles. The van der Waals surface area contributed by atoms with Gasteiger partial charge in [0.1, 0.15) is 0 Å². The third-order valence-electron chi connectivity index (χ3n) is 2.22. The molecule has 1 aromatic carbocycles. The molecule has 0 amide bonds. The largest absolute Gasteiger partial charge is 0.398 e. The van der Waals surface area contributed by atoms with E-state index >= 15 is 0 Å². The van der Waals surface area contributed by atoms with Gasteiger partial charge < -0.3 is 5.73 Å². The summed E-state index contributed by atoms with van der Waals surface area (Å²) in [6, 6.07) is 0. The molecule has 0 saturated carbocycles. The molecule has 12 heavy (non-hydrogen) atoms. The van der Waals surface area contributed by atoms with E-state index in [9.17, 15) is 0 Å². The van der Waals surface area contributed by atoms with Crippen molar-refractivity contribution in [1.82, 2.24) is 0 Å². The minimum atomic E-state index is 0.567. The zero-order valence-electron chi connectivity index (χ0n) is 7.33. The third-order valence-corrected chi connectivity index (χ3v) is 3.26. The van der Waals surface area contributed by atoms with E-state index in [0.29, 0.717) is 10.0 Å². The second-order valence-corrected chi connectivity index (χ2v) is 3.67. The van der Waals surface area contributed by atoms with E-state index in [2.05, 4.69) is 0 Å². The molecule has 0 bridgehead atoms. The summed E-state index contributed by atoms with van der Waals surface area (Å²) in [4.78, 5) is 0. The molecule has 2 N–H and O–H groups in total. The van der Waals surface area contributed by atoms with Crippen LogP contribution in [0, 0.1) is 20.8 Å². The van der Waals surface area contributed by atoms with Gasteiger partial charge in [0, 0.05) is 5.69 Å². The highest BCUT2D eigenvalue weighted by Gasteiger charge is 2.11. The van der Waals surface area contributed by atoms with Gasteiger partial charge in [-0.2, -0.15) is 0 Å². The second kappa shape index (κ2) is 3.15. The zero-order valence-corrected chi connectivity index (χ0v) is 8.85. The Hall–Kier alpha value is -0.400. The quantitative estimate of drug-likeness (QED) is 0.643. The second-order valence-electron chi connectivity index (χ2n) is 2.92. The fraction of sp³-hybridized carbons (Fsp3) is 0.333. The van der Waals surface area contributed by atoms with Gasteiger partial charge in [0.05, 0.1) is 10.0 Å². The van der Waals surface area contributed by atoms with Crippen LogP contribution in [0.4, 0.5) is 5.69 Å². The normalized spacial score (nSPS) is 10.4. The Kier molecular flexibility index (Phi) is 2.55. The smallest absolute Gasteiger partial charge is 0.0644 e. The molecule has 0 radical (unpaired) electrons. The third kappa shape index (κ3) is 1.27.